The van der Waals surface area contributed by atoms with Crippen LogP contribution in [0.2, 0.25) is 10.0 Å². The SMILES string of the molecule is N#CC1(NC(=O)C2Cc3ccc(c(Cl)c3)OCCCCOc3cc(Cl)ccc3C(=O)N2)CC1. The highest BCUT2D eigenvalue weighted by atomic mass is 35.5. The normalized spacial score (nSPS) is 19.8. The molecule has 3 aliphatic rings. The minimum Gasteiger partial charge on any atom is -0.493 e. The number of carbonyl (C=O) groups is 2. The van der Waals surface area contributed by atoms with Crippen molar-refractivity contribution in [3.63, 3.8) is 0 Å². The van der Waals surface area contributed by atoms with Gasteiger partial charge in [-0.25, -0.2) is 0 Å². The fourth-order valence-electron chi connectivity index (χ4n) is 3.55. The molecule has 33 heavy (non-hydrogen) atoms. The number of nitrogens with one attached hydrogen (secondary N) is 2. The lowest BCUT2D eigenvalue weighted by molar-refractivity contribution is -0.123. The first-order valence-corrected chi connectivity index (χ1v) is 11.5. The average Bonchev–Trinajstić information content (AvgIpc) is 3.56. The fraction of sp³-hybridized carbons (Fsp3) is 0.375. The number of fused-ring (bicyclic) bond motifs is 10. The second-order valence-electron chi connectivity index (χ2n) is 8.22. The van der Waals surface area contributed by atoms with Crippen molar-refractivity contribution in [1.82, 2.24) is 10.6 Å². The molecule has 0 radical (unpaired) electrons. The molecule has 0 aromatic heterocycles. The summed E-state index contributed by atoms with van der Waals surface area (Å²) in [6.45, 7) is 0.831. The molecule has 1 saturated carbocycles. The van der Waals surface area contributed by atoms with Crippen LogP contribution >= 0.6 is 23.2 Å². The van der Waals surface area contributed by atoms with Gasteiger partial charge >= 0.3 is 0 Å². The first-order valence-electron chi connectivity index (χ1n) is 10.8. The summed E-state index contributed by atoms with van der Waals surface area (Å²) in [5, 5.41) is 15.8. The number of hydrogen-bond donors (Lipinski definition) is 2. The first-order chi connectivity index (χ1) is 15.9. The van der Waals surface area contributed by atoms with E-state index in [2.05, 4.69) is 16.7 Å². The van der Waals surface area contributed by atoms with Crippen molar-refractivity contribution >= 4 is 35.0 Å². The standard InChI is InChI=1S/C24H23Cl2N3O4/c25-16-4-5-17-21(13-16)33-10-2-1-9-32-20-6-3-15(11-18(20)26)12-19(28-22(17)30)23(31)29-24(14-27)7-8-24/h3-6,11,13,19H,1-2,7-10,12H2,(H,28,30)(H,29,31). The zero-order chi connectivity index (χ0) is 23.4. The van der Waals surface area contributed by atoms with E-state index in [4.69, 9.17) is 32.7 Å². The monoisotopic (exact) mass is 487 g/mol. The first kappa shape index (κ1) is 23.2. The maximum absolute atomic E-state index is 13.2. The van der Waals surface area contributed by atoms with Crippen molar-refractivity contribution in [3.8, 4) is 17.6 Å². The Morgan fingerprint density at radius 2 is 1.82 bits per heavy atom. The Labute approximate surface area is 202 Å². The predicted molar refractivity (Wildman–Crippen MR) is 124 cm³/mol. The predicted octanol–water partition coefficient (Wildman–Crippen LogP) is 4.06. The van der Waals surface area contributed by atoms with E-state index in [0.717, 1.165) is 12.0 Å². The van der Waals surface area contributed by atoms with Crippen LogP contribution in [0, 0.1) is 11.3 Å². The number of nitriles is 1. The van der Waals surface area contributed by atoms with Crippen LogP contribution in [-0.4, -0.2) is 36.6 Å². The Morgan fingerprint density at radius 3 is 2.48 bits per heavy atom. The third kappa shape index (κ3) is 5.70. The summed E-state index contributed by atoms with van der Waals surface area (Å²) in [6.07, 6.45) is 2.79. The number of hydrogen-bond acceptors (Lipinski definition) is 5. The van der Waals surface area contributed by atoms with Gasteiger partial charge in [0.2, 0.25) is 5.91 Å². The van der Waals surface area contributed by atoms with E-state index in [9.17, 15) is 14.9 Å². The summed E-state index contributed by atoms with van der Waals surface area (Å²) >= 11 is 12.5. The second-order valence-corrected chi connectivity index (χ2v) is 9.07. The molecular weight excluding hydrogens is 465 g/mol. The maximum Gasteiger partial charge on any atom is 0.255 e. The van der Waals surface area contributed by atoms with Crippen LogP contribution in [0.4, 0.5) is 0 Å². The molecule has 172 valence electrons. The lowest BCUT2D eigenvalue weighted by Gasteiger charge is -2.22. The van der Waals surface area contributed by atoms with Crippen LogP contribution in [0.1, 0.15) is 41.6 Å². The molecule has 1 fully saturated rings. The smallest absolute Gasteiger partial charge is 0.255 e. The van der Waals surface area contributed by atoms with E-state index in [1.807, 2.05) is 6.07 Å². The Morgan fingerprint density at radius 1 is 1.09 bits per heavy atom. The van der Waals surface area contributed by atoms with Crippen molar-refractivity contribution in [1.29, 1.82) is 5.26 Å². The summed E-state index contributed by atoms with van der Waals surface area (Å²) in [5.74, 6) is -0.00980. The molecule has 2 heterocycles. The van der Waals surface area contributed by atoms with E-state index in [-0.39, 0.29) is 12.0 Å². The lowest BCUT2D eigenvalue weighted by Crippen LogP contribution is -2.51. The fourth-order valence-corrected chi connectivity index (χ4v) is 3.97. The van der Waals surface area contributed by atoms with Gasteiger partial charge < -0.3 is 20.1 Å². The molecule has 0 spiro atoms. The minimum atomic E-state index is -0.928. The van der Waals surface area contributed by atoms with Crippen LogP contribution < -0.4 is 20.1 Å². The molecule has 2 amide bonds. The molecule has 2 aromatic rings. The third-order valence-electron chi connectivity index (χ3n) is 5.63. The van der Waals surface area contributed by atoms with Crippen LogP contribution in [0.5, 0.6) is 11.5 Å². The van der Waals surface area contributed by atoms with Gasteiger partial charge in [0, 0.05) is 11.4 Å². The van der Waals surface area contributed by atoms with E-state index in [1.54, 1.807) is 30.3 Å². The van der Waals surface area contributed by atoms with Gasteiger partial charge in [-0.05, 0) is 61.6 Å². The molecule has 2 bridgehead atoms. The maximum atomic E-state index is 13.2. The van der Waals surface area contributed by atoms with E-state index >= 15 is 0 Å². The van der Waals surface area contributed by atoms with Gasteiger partial charge in [0.25, 0.3) is 5.91 Å². The number of amides is 2. The Bertz CT molecular complexity index is 1110. The largest absolute Gasteiger partial charge is 0.493 e. The molecule has 1 atom stereocenters. The number of ether oxygens (including phenoxy) is 2. The molecule has 9 heteroatoms. The molecule has 0 saturated heterocycles. The highest BCUT2D eigenvalue weighted by molar-refractivity contribution is 6.32. The summed E-state index contributed by atoms with van der Waals surface area (Å²) in [4.78, 5) is 26.2. The minimum absolute atomic E-state index is 0.183. The summed E-state index contributed by atoms with van der Waals surface area (Å²) in [5.41, 5.74) is 0.158. The highest BCUT2D eigenvalue weighted by Crippen LogP contribution is 2.34. The van der Waals surface area contributed by atoms with Gasteiger partial charge in [-0.3, -0.25) is 9.59 Å². The molecule has 1 unspecified atom stereocenters. The zero-order valence-corrected chi connectivity index (χ0v) is 19.3. The Balaban J connectivity index is 1.65. The topological polar surface area (TPSA) is 100 Å². The Hall–Kier alpha value is -2.95. The molecular formula is C24H23Cl2N3O4. The van der Waals surface area contributed by atoms with Crippen LogP contribution in [0.25, 0.3) is 0 Å². The number of carbonyl (C=O) groups excluding carboxylic acids is 2. The van der Waals surface area contributed by atoms with Gasteiger partial charge in [0.05, 0.1) is 29.9 Å². The third-order valence-corrected chi connectivity index (χ3v) is 6.16. The van der Waals surface area contributed by atoms with Gasteiger partial charge in [0.15, 0.2) is 0 Å². The molecule has 2 N–H and O–H groups in total. The van der Waals surface area contributed by atoms with Crippen molar-refractivity contribution in [3.05, 3.63) is 57.6 Å². The van der Waals surface area contributed by atoms with Crippen LogP contribution in [-0.2, 0) is 11.2 Å². The van der Waals surface area contributed by atoms with Crippen molar-refractivity contribution in [2.75, 3.05) is 13.2 Å². The van der Waals surface area contributed by atoms with Crippen LogP contribution in [0.3, 0.4) is 0 Å². The van der Waals surface area contributed by atoms with Gasteiger partial charge in [0.1, 0.15) is 23.1 Å². The average molecular weight is 488 g/mol. The number of rotatable bonds is 2. The number of halogens is 2. The van der Waals surface area contributed by atoms with Crippen molar-refractivity contribution in [2.45, 2.75) is 43.7 Å². The van der Waals surface area contributed by atoms with Crippen molar-refractivity contribution in [2.24, 2.45) is 0 Å². The second kappa shape index (κ2) is 9.90. The highest BCUT2D eigenvalue weighted by Gasteiger charge is 2.45. The quantitative estimate of drug-likeness (QED) is 0.664. The van der Waals surface area contributed by atoms with Crippen molar-refractivity contribution < 1.29 is 19.1 Å². The number of benzene rings is 2. The van der Waals surface area contributed by atoms with E-state index in [1.165, 1.54) is 0 Å². The molecule has 1 aliphatic carbocycles. The lowest BCUT2D eigenvalue weighted by atomic mass is 10.0. The summed E-state index contributed by atoms with van der Waals surface area (Å²) in [6, 6.07) is 11.2. The van der Waals surface area contributed by atoms with Gasteiger partial charge in [-0.15, -0.1) is 0 Å². The Kier molecular flexibility index (Phi) is 6.96. The number of nitrogens with zero attached hydrogens (tertiary/aromatic N) is 1. The van der Waals surface area contributed by atoms with Gasteiger partial charge in [-0.1, -0.05) is 29.3 Å². The van der Waals surface area contributed by atoms with E-state index < -0.39 is 23.4 Å². The molecule has 5 rings (SSSR count). The summed E-state index contributed by atoms with van der Waals surface area (Å²) < 4.78 is 11.6. The van der Waals surface area contributed by atoms with Gasteiger partial charge in [-0.2, -0.15) is 5.26 Å². The molecule has 2 aliphatic heterocycles. The zero-order valence-electron chi connectivity index (χ0n) is 17.8. The van der Waals surface area contributed by atoms with E-state index in [0.29, 0.717) is 54.0 Å². The molecule has 7 nitrogen and oxygen atoms in total. The van der Waals surface area contributed by atoms with Crippen LogP contribution in [0.15, 0.2) is 36.4 Å². The molecule has 2 aromatic carbocycles. The summed E-state index contributed by atoms with van der Waals surface area (Å²) in [7, 11) is 0.